The van der Waals surface area contributed by atoms with E-state index < -0.39 is 0 Å². The second kappa shape index (κ2) is 8.99. The first kappa shape index (κ1) is 18.7. The first-order valence-corrected chi connectivity index (χ1v) is 8.29. The summed E-state index contributed by atoms with van der Waals surface area (Å²) >= 11 is 0. The van der Waals surface area contributed by atoms with Crippen molar-refractivity contribution >= 4 is 11.8 Å². The minimum absolute atomic E-state index is 0.00678. The fourth-order valence-corrected chi connectivity index (χ4v) is 2.72. The molecule has 132 valence electrons. The third-order valence-corrected chi connectivity index (χ3v) is 4.12. The van der Waals surface area contributed by atoms with E-state index in [0.717, 1.165) is 11.1 Å². The molecule has 2 N–H and O–H groups in total. The Morgan fingerprint density at radius 3 is 2.28 bits per heavy atom. The molecule has 0 spiro atoms. The molecule has 0 aliphatic heterocycles. The van der Waals surface area contributed by atoms with Crippen LogP contribution in [-0.4, -0.2) is 35.5 Å². The largest absolute Gasteiger partial charge is 0.396 e. The molecule has 2 rings (SSSR count). The fraction of sp³-hybridized carbons (Fsp3) is 0.300. The Balaban J connectivity index is 2.13. The van der Waals surface area contributed by atoms with Crippen LogP contribution in [0.3, 0.4) is 0 Å². The van der Waals surface area contributed by atoms with E-state index >= 15 is 0 Å². The number of nitrogens with zero attached hydrogens (tertiary/aromatic N) is 1. The molecule has 0 aliphatic rings. The first-order chi connectivity index (χ1) is 12.0. The number of hydrogen-bond donors (Lipinski definition) is 2. The van der Waals surface area contributed by atoms with Gasteiger partial charge in [0, 0.05) is 32.7 Å². The quantitative estimate of drug-likeness (QED) is 0.814. The number of carbonyl (C=O) groups is 2. The molecule has 0 saturated carbocycles. The molecule has 0 aromatic heterocycles. The van der Waals surface area contributed by atoms with Gasteiger partial charge in [-0.2, -0.15) is 0 Å². The van der Waals surface area contributed by atoms with Crippen molar-refractivity contribution in [2.75, 3.05) is 13.7 Å². The van der Waals surface area contributed by atoms with Gasteiger partial charge in [-0.05, 0) is 29.7 Å². The van der Waals surface area contributed by atoms with Gasteiger partial charge < -0.3 is 15.3 Å². The molecule has 25 heavy (non-hydrogen) atoms. The molecule has 2 aromatic carbocycles. The lowest BCUT2D eigenvalue weighted by Crippen LogP contribution is -2.32. The number of rotatable bonds is 7. The highest BCUT2D eigenvalue weighted by molar-refractivity contribution is 5.94. The molecule has 0 fully saturated rings. The van der Waals surface area contributed by atoms with Crippen LogP contribution in [-0.2, 0) is 11.3 Å². The van der Waals surface area contributed by atoms with Crippen LogP contribution < -0.4 is 5.32 Å². The molecule has 2 aromatic rings. The minimum atomic E-state index is -0.183. The second-order valence-electron chi connectivity index (χ2n) is 5.96. The molecule has 1 unspecified atom stereocenters. The summed E-state index contributed by atoms with van der Waals surface area (Å²) in [6, 6.07) is 16.7. The number of aliphatic hydroxyl groups is 1. The predicted molar refractivity (Wildman–Crippen MR) is 96.9 cm³/mol. The van der Waals surface area contributed by atoms with E-state index in [1.807, 2.05) is 42.5 Å². The number of carbonyl (C=O) groups excluding carboxylic acids is 2. The Bertz CT molecular complexity index is 699. The van der Waals surface area contributed by atoms with Gasteiger partial charge in [0.1, 0.15) is 0 Å². The summed E-state index contributed by atoms with van der Waals surface area (Å²) in [7, 11) is 1.75. The third kappa shape index (κ3) is 5.16. The van der Waals surface area contributed by atoms with Crippen molar-refractivity contribution in [3.8, 4) is 0 Å². The van der Waals surface area contributed by atoms with Crippen molar-refractivity contribution in [1.29, 1.82) is 0 Å². The van der Waals surface area contributed by atoms with Crippen molar-refractivity contribution in [1.82, 2.24) is 10.2 Å². The zero-order valence-electron chi connectivity index (χ0n) is 14.6. The molecule has 2 amide bonds. The van der Waals surface area contributed by atoms with Crippen LogP contribution in [0.5, 0.6) is 0 Å². The van der Waals surface area contributed by atoms with Crippen LogP contribution in [0, 0.1) is 0 Å². The molecular formula is C20H24N2O3. The number of amides is 2. The van der Waals surface area contributed by atoms with E-state index in [1.165, 1.54) is 6.92 Å². The molecule has 0 bridgehead atoms. The normalized spacial score (nSPS) is 11.6. The second-order valence-corrected chi connectivity index (χ2v) is 5.96. The van der Waals surface area contributed by atoms with Gasteiger partial charge in [-0.3, -0.25) is 9.59 Å². The summed E-state index contributed by atoms with van der Waals surface area (Å²) in [6.45, 7) is 1.92. The highest BCUT2D eigenvalue weighted by atomic mass is 16.3. The van der Waals surface area contributed by atoms with Crippen molar-refractivity contribution in [3.05, 3.63) is 71.3 Å². The molecular weight excluding hydrogens is 316 g/mol. The van der Waals surface area contributed by atoms with Crippen molar-refractivity contribution in [2.45, 2.75) is 25.9 Å². The van der Waals surface area contributed by atoms with Crippen molar-refractivity contribution < 1.29 is 14.7 Å². The Morgan fingerprint density at radius 1 is 1.08 bits per heavy atom. The van der Waals surface area contributed by atoms with Crippen LogP contribution in [0.1, 0.15) is 40.9 Å². The molecule has 5 heteroatoms. The SMILES string of the molecule is CC(=O)NCc1ccc(C(=O)N(C)C(CCO)c2ccccc2)cc1. The molecule has 0 heterocycles. The van der Waals surface area contributed by atoms with Gasteiger partial charge in [0.15, 0.2) is 0 Å². The average Bonchev–Trinajstić information content (AvgIpc) is 2.64. The zero-order valence-corrected chi connectivity index (χ0v) is 14.6. The number of hydrogen-bond acceptors (Lipinski definition) is 3. The maximum atomic E-state index is 12.8. The van der Waals surface area contributed by atoms with Gasteiger partial charge in [0.25, 0.3) is 5.91 Å². The topological polar surface area (TPSA) is 69.6 Å². The summed E-state index contributed by atoms with van der Waals surface area (Å²) in [4.78, 5) is 25.4. The maximum absolute atomic E-state index is 12.8. The van der Waals surface area contributed by atoms with Gasteiger partial charge >= 0.3 is 0 Å². The molecule has 0 saturated heterocycles. The number of nitrogens with one attached hydrogen (secondary N) is 1. The van der Waals surface area contributed by atoms with Gasteiger partial charge in [0.05, 0.1) is 6.04 Å². The van der Waals surface area contributed by atoms with Crippen LogP contribution >= 0.6 is 0 Å². The average molecular weight is 340 g/mol. The maximum Gasteiger partial charge on any atom is 0.254 e. The highest BCUT2D eigenvalue weighted by Gasteiger charge is 2.22. The van der Waals surface area contributed by atoms with E-state index in [0.29, 0.717) is 18.5 Å². The Kier molecular flexibility index (Phi) is 6.71. The Morgan fingerprint density at radius 2 is 1.72 bits per heavy atom. The fourth-order valence-electron chi connectivity index (χ4n) is 2.72. The van der Waals surface area contributed by atoms with Crippen molar-refractivity contribution in [3.63, 3.8) is 0 Å². The van der Waals surface area contributed by atoms with Crippen LogP contribution in [0.15, 0.2) is 54.6 Å². The van der Waals surface area contributed by atoms with E-state index in [4.69, 9.17) is 0 Å². The van der Waals surface area contributed by atoms with Crippen LogP contribution in [0.25, 0.3) is 0 Å². The van der Waals surface area contributed by atoms with E-state index in [9.17, 15) is 14.7 Å². The molecule has 0 aliphatic carbocycles. The van der Waals surface area contributed by atoms with Crippen LogP contribution in [0.2, 0.25) is 0 Å². The van der Waals surface area contributed by atoms with Gasteiger partial charge in [-0.1, -0.05) is 42.5 Å². The predicted octanol–water partition coefficient (Wildman–Crippen LogP) is 2.52. The summed E-state index contributed by atoms with van der Waals surface area (Å²) in [5.41, 5.74) is 2.51. The summed E-state index contributed by atoms with van der Waals surface area (Å²) in [5, 5.41) is 12.1. The minimum Gasteiger partial charge on any atom is -0.396 e. The summed E-state index contributed by atoms with van der Waals surface area (Å²) in [5.74, 6) is -0.192. The lowest BCUT2D eigenvalue weighted by Gasteiger charge is -2.28. The van der Waals surface area contributed by atoms with Crippen molar-refractivity contribution in [2.24, 2.45) is 0 Å². The van der Waals surface area contributed by atoms with Crippen LogP contribution in [0.4, 0.5) is 0 Å². The van der Waals surface area contributed by atoms with Gasteiger partial charge in [-0.15, -0.1) is 0 Å². The number of aliphatic hydroxyl groups excluding tert-OH is 1. The van der Waals surface area contributed by atoms with E-state index in [2.05, 4.69) is 5.32 Å². The lowest BCUT2D eigenvalue weighted by molar-refractivity contribution is -0.119. The Labute approximate surface area is 148 Å². The smallest absolute Gasteiger partial charge is 0.254 e. The zero-order chi connectivity index (χ0) is 18.2. The Hall–Kier alpha value is -2.66. The van der Waals surface area contributed by atoms with E-state index in [1.54, 1.807) is 24.1 Å². The highest BCUT2D eigenvalue weighted by Crippen LogP contribution is 2.24. The van der Waals surface area contributed by atoms with E-state index in [-0.39, 0.29) is 24.5 Å². The first-order valence-electron chi connectivity index (χ1n) is 8.29. The summed E-state index contributed by atoms with van der Waals surface area (Å²) in [6.07, 6.45) is 0.479. The number of benzene rings is 2. The molecule has 1 atom stereocenters. The summed E-state index contributed by atoms with van der Waals surface area (Å²) < 4.78 is 0. The monoisotopic (exact) mass is 340 g/mol. The standard InChI is InChI=1S/C20H24N2O3/c1-15(24)21-14-16-8-10-18(11-9-16)20(25)22(2)19(12-13-23)17-6-4-3-5-7-17/h3-11,19,23H,12-14H2,1-2H3,(H,21,24). The van der Waals surface area contributed by atoms with Gasteiger partial charge in [0.2, 0.25) is 5.91 Å². The lowest BCUT2D eigenvalue weighted by atomic mass is 10.0. The molecule has 5 nitrogen and oxygen atoms in total. The van der Waals surface area contributed by atoms with Gasteiger partial charge in [-0.25, -0.2) is 0 Å². The third-order valence-electron chi connectivity index (χ3n) is 4.12. The molecule has 0 radical (unpaired) electrons.